The molecule has 3 aromatic rings. The normalized spacial score (nSPS) is 15.6. The largest absolute Gasteiger partial charge is 0.493 e. The minimum absolute atomic E-state index is 0.00495. The van der Waals surface area contributed by atoms with Gasteiger partial charge in [0.15, 0.2) is 11.5 Å². The third-order valence-corrected chi connectivity index (χ3v) is 5.71. The van der Waals surface area contributed by atoms with Crippen LogP contribution in [-0.4, -0.2) is 44.7 Å². The van der Waals surface area contributed by atoms with Crippen LogP contribution in [0.4, 0.5) is 5.69 Å². The Morgan fingerprint density at radius 3 is 2.00 bits per heavy atom. The first-order chi connectivity index (χ1) is 14.8. The molecule has 0 amide bonds. The maximum Gasteiger partial charge on any atom is 0.162 e. The highest BCUT2D eigenvalue weighted by atomic mass is 16.5. The third kappa shape index (κ3) is 5.14. The smallest absolute Gasteiger partial charge is 0.162 e. The highest BCUT2D eigenvalue weighted by Crippen LogP contribution is 2.32. The molecule has 0 aromatic heterocycles. The van der Waals surface area contributed by atoms with Gasteiger partial charge in [-0.25, -0.2) is 0 Å². The van der Waals surface area contributed by atoms with E-state index in [9.17, 15) is 0 Å². The Hall–Kier alpha value is -2.98. The molecule has 4 rings (SSSR count). The minimum Gasteiger partial charge on any atom is -0.493 e. The van der Waals surface area contributed by atoms with Crippen molar-refractivity contribution in [1.29, 1.82) is 0 Å². The molecule has 4 heteroatoms. The van der Waals surface area contributed by atoms with Crippen LogP contribution in [0.3, 0.4) is 0 Å². The summed E-state index contributed by atoms with van der Waals surface area (Å²) in [4.78, 5) is 5.01. The van der Waals surface area contributed by atoms with E-state index in [0.29, 0.717) is 0 Å². The van der Waals surface area contributed by atoms with Crippen LogP contribution >= 0.6 is 0 Å². The number of rotatable bonds is 8. The van der Waals surface area contributed by atoms with Gasteiger partial charge in [-0.1, -0.05) is 60.7 Å². The summed E-state index contributed by atoms with van der Waals surface area (Å²) in [6.45, 7) is 5.29. The summed E-state index contributed by atoms with van der Waals surface area (Å²) >= 11 is 0. The molecular weight excluding hydrogens is 372 g/mol. The molecule has 0 saturated carbocycles. The van der Waals surface area contributed by atoms with Gasteiger partial charge in [0.2, 0.25) is 0 Å². The average molecular weight is 403 g/mol. The number of methoxy groups -OCH3 is 1. The number of ether oxygens (including phenoxy) is 2. The van der Waals surface area contributed by atoms with Gasteiger partial charge in [0, 0.05) is 44.8 Å². The summed E-state index contributed by atoms with van der Waals surface area (Å²) < 4.78 is 11.9. The maximum atomic E-state index is 6.44. The van der Waals surface area contributed by atoms with Crippen LogP contribution in [0.15, 0.2) is 84.9 Å². The van der Waals surface area contributed by atoms with Crippen molar-refractivity contribution in [3.8, 4) is 11.5 Å². The summed E-state index contributed by atoms with van der Waals surface area (Å²) in [5.74, 6) is 1.57. The second-order valence-electron chi connectivity index (χ2n) is 7.62. The van der Waals surface area contributed by atoms with Crippen LogP contribution in [0.2, 0.25) is 0 Å². The van der Waals surface area contributed by atoms with E-state index in [4.69, 9.17) is 9.47 Å². The summed E-state index contributed by atoms with van der Waals surface area (Å²) in [6, 6.07) is 29.1. The molecule has 1 aliphatic rings. The first kappa shape index (κ1) is 20.3. The van der Waals surface area contributed by atoms with Crippen LogP contribution in [-0.2, 0) is 0 Å². The summed E-state index contributed by atoms with van der Waals surface area (Å²) in [7, 11) is 1.69. The predicted molar refractivity (Wildman–Crippen MR) is 123 cm³/mol. The highest BCUT2D eigenvalue weighted by Gasteiger charge is 2.21. The second-order valence-corrected chi connectivity index (χ2v) is 7.62. The molecule has 1 fully saturated rings. The van der Waals surface area contributed by atoms with E-state index in [1.807, 2.05) is 30.3 Å². The van der Waals surface area contributed by atoms with Gasteiger partial charge >= 0.3 is 0 Å². The zero-order valence-corrected chi connectivity index (χ0v) is 17.6. The van der Waals surface area contributed by atoms with Crippen molar-refractivity contribution in [2.75, 3.05) is 44.7 Å². The van der Waals surface area contributed by atoms with Crippen molar-refractivity contribution < 1.29 is 9.47 Å². The fourth-order valence-electron chi connectivity index (χ4n) is 4.00. The number of para-hydroxylation sites is 3. The van der Waals surface area contributed by atoms with Gasteiger partial charge in [0.1, 0.15) is 6.10 Å². The van der Waals surface area contributed by atoms with Gasteiger partial charge in [0.05, 0.1) is 7.11 Å². The van der Waals surface area contributed by atoms with E-state index in [-0.39, 0.29) is 6.10 Å². The van der Waals surface area contributed by atoms with Crippen LogP contribution in [0, 0.1) is 0 Å². The van der Waals surface area contributed by atoms with Crippen molar-refractivity contribution in [3.05, 3.63) is 90.5 Å². The molecule has 1 atom stereocenters. The lowest BCUT2D eigenvalue weighted by Gasteiger charge is -2.36. The zero-order chi connectivity index (χ0) is 20.6. The molecule has 30 heavy (non-hydrogen) atoms. The Bertz CT molecular complexity index is 893. The summed E-state index contributed by atoms with van der Waals surface area (Å²) in [6.07, 6.45) is 0.933. The van der Waals surface area contributed by atoms with E-state index < -0.39 is 0 Å². The van der Waals surface area contributed by atoms with E-state index in [0.717, 1.165) is 50.6 Å². The summed E-state index contributed by atoms with van der Waals surface area (Å²) in [5.41, 5.74) is 2.52. The van der Waals surface area contributed by atoms with Crippen molar-refractivity contribution in [2.24, 2.45) is 0 Å². The molecule has 1 heterocycles. The van der Waals surface area contributed by atoms with Gasteiger partial charge in [-0.15, -0.1) is 0 Å². The Morgan fingerprint density at radius 1 is 0.733 bits per heavy atom. The fourth-order valence-corrected chi connectivity index (χ4v) is 4.00. The van der Waals surface area contributed by atoms with Gasteiger partial charge in [-0.2, -0.15) is 0 Å². The quantitative estimate of drug-likeness (QED) is 0.528. The van der Waals surface area contributed by atoms with Gasteiger partial charge < -0.3 is 14.4 Å². The number of hydrogen-bond acceptors (Lipinski definition) is 4. The number of piperazine rings is 1. The van der Waals surface area contributed by atoms with Gasteiger partial charge in [0.25, 0.3) is 0 Å². The molecule has 1 aliphatic heterocycles. The number of benzene rings is 3. The second kappa shape index (κ2) is 10.2. The van der Waals surface area contributed by atoms with Crippen molar-refractivity contribution in [1.82, 2.24) is 4.90 Å². The first-order valence-electron chi connectivity index (χ1n) is 10.7. The summed E-state index contributed by atoms with van der Waals surface area (Å²) in [5, 5.41) is 0. The molecule has 0 bridgehead atoms. The zero-order valence-electron chi connectivity index (χ0n) is 17.6. The van der Waals surface area contributed by atoms with Crippen LogP contribution < -0.4 is 14.4 Å². The monoisotopic (exact) mass is 402 g/mol. The SMILES string of the molecule is COc1ccccc1OC(CCN1CCN(c2ccccc2)CC1)c1ccccc1. The molecule has 1 saturated heterocycles. The molecule has 3 aromatic carbocycles. The standard InChI is InChI=1S/C26H30N2O2/c1-29-25-14-8-9-15-26(25)30-24(22-10-4-2-5-11-22)16-17-27-18-20-28(21-19-27)23-12-6-3-7-13-23/h2-15,24H,16-21H2,1H3. The molecule has 0 N–H and O–H groups in total. The number of hydrogen-bond donors (Lipinski definition) is 0. The lowest BCUT2D eigenvalue weighted by molar-refractivity contribution is 0.155. The molecular formula is C26H30N2O2. The maximum absolute atomic E-state index is 6.44. The number of anilines is 1. The Morgan fingerprint density at radius 2 is 1.33 bits per heavy atom. The predicted octanol–water partition coefficient (Wildman–Crippen LogP) is 5.03. The van der Waals surface area contributed by atoms with Gasteiger partial charge in [-0.3, -0.25) is 4.90 Å². The van der Waals surface area contributed by atoms with Crippen molar-refractivity contribution >= 4 is 5.69 Å². The number of nitrogens with zero attached hydrogens (tertiary/aromatic N) is 2. The highest BCUT2D eigenvalue weighted by molar-refractivity contribution is 5.46. The molecule has 1 unspecified atom stereocenters. The van der Waals surface area contributed by atoms with Crippen molar-refractivity contribution in [3.63, 3.8) is 0 Å². The fraction of sp³-hybridized carbons (Fsp3) is 0.308. The van der Waals surface area contributed by atoms with E-state index in [1.165, 1.54) is 11.3 Å². The Balaban J connectivity index is 1.38. The third-order valence-electron chi connectivity index (χ3n) is 5.71. The van der Waals surface area contributed by atoms with Crippen LogP contribution in [0.1, 0.15) is 18.1 Å². The van der Waals surface area contributed by atoms with Crippen LogP contribution in [0.25, 0.3) is 0 Å². The van der Waals surface area contributed by atoms with E-state index in [1.54, 1.807) is 7.11 Å². The molecule has 4 nitrogen and oxygen atoms in total. The molecule has 0 spiro atoms. The lowest BCUT2D eigenvalue weighted by Crippen LogP contribution is -2.46. The van der Waals surface area contributed by atoms with Gasteiger partial charge in [-0.05, 0) is 29.8 Å². The van der Waals surface area contributed by atoms with E-state index >= 15 is 0 Å². The lowest BCUT2D eigenvalue weighted by atomic mass is 10.1. The molecule has 0 aliphatic carbocycles. The Labute approximate surface area is 179 Å². The van der Waals surface area contributed by atoms with Crippen molar-refractivity contribution in [2.45, 2.75) is 12.5 Å². The average Bonchev–Trinajstić information content (AvgIpc) is 2.83. The Kier molecular flexibility index (Phi) is 6.88. The molecule has 0 radical (unpaired) electrons. The topological polar surface area (TPSA) is 24.9 Å². The minimum atomic E-state index is -0.00495. The first-order valence-corrected chi connectivity index (χ1v) is 10.7. The van der Waals surface area contributed by atoms with E-state index in [2.05, 4.69) is 64.4 Å². The molecule has 156 valence electrons. The van der Waals surface area contributed by atoms with Crippen LogP contribution in [0.5, 0.6) is 11.5 Å².